The van der Waals surface area contributed by atoms with Crippen molar-refractivity contribution in [2.75, 3.05) is 29.9 Å². The predicted octanol–water partition coefficient (Wildman–Crippen LogP) is 6.68. The van der Waals surface area contributed by atoms with Gasteiger partial charge < -0.3 is 20.1 Å². The number of nitrogens with one attached hydrogen (secondary N) is 2. The van der Waals surface area contributed by atoms with Gasteiger partial charge in [0.05, 0.1) is 22.6 Å². The molecule has 226 valence electrons. The highest BCUT2D eigenvalue weighted by Crippen LogP contribution is 2.40. The molecular formula is C32H34ClFN4O4S. The maximum absolute atomic E-state index is 13.5. The van der Waals surface area contributed by atoms with Gasteiger partial charge in [0.25, 0.3) is 0 Å². The van der Waals surface area contributed by atoms with Crippen LogP contribution in [-0.2, 0) is 26.8 Å². The second kappa shape index (κ2) is 13.7. The highest BCUT2D eigenvalue weighted by Gasteiger charge is 2.35. The molecule has 1 unspecified atom stereocenters. The van der Waals surface area contributed by atoms with Crippen molar-refractivity contribution in [3.63, 3.8) is 0 Å². The summed E-state index contributed by atoms with van der Waals surface area (Å²) in [7, 11) is -2.98. The average molecular weight is 625 g/mol. The molecule has 0 saturated carbocycles. The second-order valence-electron chi connectivity index (χ2n) is 10.4. The summed E-state index contributed by atoms with van der Waals surface area (Å²) in [6.45, 7) is 2.99. The zero-order valence-electron chi connectivity index (χ0n) is 23.9. The third kappa shape index (κ3) is 7.81. The summed E-state index contributed by atoms with van der Waals surface area (Å²) < 4.78 is 49.0. The number of anilines is 2. The van der Waals surface area contributed by atoms with Gasteiger partial charge in [0.1, 0.15) is 35.9 Å². The molecule has 5 rings (SSSR count). The second-order valence-corrected chi connectivity index (χ2v) is 13.3. The van der Waals surface area contributed by atoms with Gasteiger partial charge in [0.15, 0.2) is 9.84 Å². The topological polar surface area (TPSA) is 102 Å². The van der Waals surface area contributed by atoms with E-state index in [-0.39, 0.29) is 23.9 Å². The standard InChI is InChI=1S/C32H34ClFN4O4S/c1-2-43(39,40)17-15-35-14-4-12-32(13-5-16-42-32)24-8-10-29-27(19-24)31(37-22-36-29)38-26-9-11-30(28(33)20-26)41-21-23-6-3-7-25(34)18-23/h3,5-11,16,18-20,22,35H,2,4,12-15,17,21H2,1H3,(H,36,37,38). The highest BCUT2D eigenvalue weighted by atomic mass is 35.5. The Kier molecular flexibility index (Phi) is 9.79. The molecule has 0 saturated heterocycles. The first-order valence-corrected chi connectivity index (χ1v) is 16.4. The minimum absolute atomic E-state index is 0.142. The molecule has 11 heteroatoms. The Balaban J connectivity index is 1.28. The molecule has 2 heterocycles. The summed E-state index contributed by atoms with van der Waals surface area (Å²) in [6, 6.07) is 17.7. The van der Waals surface area contributed by atoms with E-state index in [1.165, 1.54) is 18.5 Å². The summed E-state index contributed by atoms with van der Waals surface area (Å²) >= 11 is 6.52. The summed E-state index contributed by atoms with van der Waals surface area (Å²) in [6.07, 6.45) is 7.57. The number of hydrogen-bond donors (Lipinski definition) is 2. The monoisotopic (exact) mass is 624 g/mol. The Morgan fingerprint density at radius 1 is 1.09 bits per heavy atom. The van der Waals surface area contributed by atoms with Crippen LogP contribution in [0.5, 0.6) is 5.75 Å². The Bertz CT molecular complexity index is 1710. The van der Waals surface area contributed by atoms with E-state index in [4.69, 9.17) is 21.1 Å². The number of benzene rings is 3. The number of ether oxygens (including phenoxy) is 2. The van der Waals surface area contributed by atoms with E-state index < -0.39 is 15.4 Å². The normalized spacial score (nSPS) is 16.3. The zero-order chi connectivity index (χ0) is 30.3. The maximum Gasteiger partial charge on any atom is 0.151 e. The molecule has 1 aliphatic heterocycles. The number of nitrogens with zero attached hydrogens (tertiary/aromatic N) is 2. The largest absolute Gasteiger partial charge is 0.490 e. The Morgan fingerprint density at radius 2 is 1.98 bits per heavy atom. The van der Waals surface area contributed by atoms with Gasteiger partial charge in [0.2, 0.25) is 0 Å². The number of sulfone groups is 1. The van der Waals surface area contributed by atoms with Gasteiger partial charge in [-0.15, -0.1) is 0 Å². The van der Waals surface area contributed by atoms with Crippen LogP contribution in [0.25, 0.3) is 10.9 Å². The van der Waals surface area contributed by atoms with Crippen LogP contribution in [0.1, 0.15) is 37.3 Å². The molecule has 0 aliphatic carbocycles. The average Bonchev–Trinajstić information content (AvgIpc) is 3.48. The van der Waals surface area contributed by atoms with Gasteiger partial charge in [-0.25, -0.2) is 22.8 Å². The van der Waals surface area contributed by atoms with Gasteiger partial charge in [-0.05, 0) is 79.1 Å². The highest BCUT2D eigenvalue weighted by molar-refractivity contribution is 7.91. The van der Waals surface area contributed by atoms with Crippen LogP contribution in [0.2, 0.25) is 5.02 Å². The molecular weight excluding hydrogens is 591 g/mol. The summed E-state index contributed by atoms with van der Waals surface area (Å²) in [5, 5.41) is 7.84. The third-order valence-corrected chi connectivity index (χ3v) is 9.44. The molecule has 2 N–H and O–H groups in total. The van der Waals surface area contributed by atoms with Crippen LogP contribution in [-0.4, -0.2) is 43.0 Å². The molecule has 1 aliphatic rings. The molecule has 3 aromatic carbocycles. The smallest absolute Gasteiger partial charge is 0.151 e. The van der Waals surface area contributed by atoms with Crippen molar-refractivity contribution in [3.8, 4) is 5.75 Å². The SMILES string of the molecule is CCS(=O)(=O)CCNCCCC1(c2ccc3ncnc(Nc4ccc(OCc5cccc(F)c5)c(Cl)c4)c3c2)CC=CO1. The lowest BCUT2D eigenvalue weighted by Crippen LogP contribution is -2.29. The van der Waals surface area contributed by atoms with Crippen molar-refractivity contribution in [3.05, 3.63) is 101 Å². The minimum Gasteiger partial charge on any atom is -0.490 e. The quantitative estimate of drug-likeness (QED) is 0.150. The van der Waals surface area contributed by atoms with Crippen molar-refractivity contribution in [1.82, 2.24) is 15.3 Å². The van der Waals surface area contributed by atoms with E-state index in [0.717, 1.165) is 41.4 Å². The first-order chi connectivity index (χ1) is 20.8. The predicted molar refractivity (Wildman–Crippen MR) is 168 cm³/mol. The lowest BCUT2D eigenvalue weighted by atomic mass is 9.86. The van der Waals surface area contributed by atoms with Crippen molar-refractivity contribution >= 4 is 43.8 Å². The molecule has 1 atom stereocenters. The van der Waals surface area contributed by atoms with Crippen LogP contribution >= 0.6 is 11.6 Å². The molecule has 0 spiro atoms. The van der Waals surface area contributed by atoms with E-state index in [1.54, 1.807) is 37.5 Å². The Hall–Kier alpha value is -3.73. The van der Waals surface area contributed by atoms with Gasteiger partial charge in [-0.1, -0.05) is 36.7 Å². The van der Waals surface area contributed by atoms with E-state index >= 15 is 0 Å². The van der Waals surface area contributed by atoms with E-state index in [2.05, 4.69) is 26.7 Å². The number of rotatable bonds is 14. The minimum atomic E-state index is -2.98. The lowest BCUT2D eigenvalue weighted by molar-refractivity contribution is 0.0306. The van der Waals surface area contributed by atoms with Crippen LogP contribution in [0.4, 0.5) is 15.9 Å². The van der Waals surface area contributed by atoms with Crippen molar-refractivity contribution in [2.45, 2.75) is 38.4 Å². The van der Waals surface area contributed by atoms with Gasteiger partial charge in [-0.2, -0.15) is 0 Å². The number of hydrogen-bond acceptors (Lipinski definition) is 8. The maximum atomic E-state index is 13.5. The summed E-state index contributed by atoms with van der Waals surface area (Å²) in [5.74, 6) is 1.09. The molecule has 0 bridgehead atoms. The number of aromatic nitrogens is 2. The van der Waals surface area contributed by atoms with Gasteiger partial charge in [0, 0.05) is 29.8 Å². The number of halogens is 2. The van der Waals surface area contributed by atoms with Crippen molar-refractivity contribution in [1.29, 1.82) is 0 Å². The van der Waals surface area contributed by atoms with Crippen molar-refractivity contribution in [2.24, 2.45) is 0 Å². The van der Waals surface area contributed by atoms with Crippen LogP contribution in [0, 0.1) is 5.82 Å². The summed E-state index contributed by atoms with van der Waals surface area (Å²) in [5.41, 5.74) is 2.69. The van der Waals surface area contributed by atoms with E-state index in [1.807, 2.05) is 24.3 Å². The van der Waals surface area contributed by atoms with Crippen LogP contribution in [0.15, 0.2) is 79.3 Å². The fraction of sp³-hybridized carbons (Fsp3) is 0.312. The fourth-order valence-corrected chi connectivity index (χ4v) is 5.99. The molecule has 0 amide bonds. The lowest BCUT2D eigenvalue weighted by Gasteiger charge is -2.30. The Labute approximate surface area is 256 Å². The molecule has 1 aromatic heterocycles. The van der Waals surface area contributed by atoms with E-state index in [0.29, 0.717) is 35.2 Å². The van der Waals surface area contributed by atoms with Crippen LogP contribution < -0.4 is 15.4 Å². The molecule has 0 radical (unpaired) electrons. The van der Waals surface area contributed by atoms with Gasteiger partial charge in [-0.3, -0.25) is 0 Å². The molecule has 4 aromatic rings. The summed E-state index contributed by atoms with van der Waals surface area (Å²) in [4.78, 5) is 8.95. The van der Waals surface area contributed by atoms with Gasteiger partial charge >= 0.3 is 0 Å². The van der Waals surface area contributed by atoms with Crippen LogP contribution in [0.3, 0.4) is 0 Å². The molecule has 43 heavy (non-hydrogen) atoms. The third-order valence-electron chi connectivity index (χ3n) is 7.44. The first-order valence-electron chi connectivity index (χ1n) is 14.2. The molecule has 8 nitrogen and oxygen atoms in total. The van der Waals surface area contributed by atoms with E-state index in [9.17, 15) is 12.8 Å². The number of fused-ring (bicyclic) bond motifs is 1. The Morgan fingerprint density at radius 3 is 2.74 bits per heavy atom. The zero-order valence-corrected chi connectivity index (χ0v) is 25.4. The fourth-order valence-electron chi connectivity index (χ4n) is 5.01. The first kappa shape index (κ1) is 30.7. The molecule has 0 fully saturated rings. The van der Waals surface area contributed by atoms with Crippen molar-refractivity contribution < 1.29 is 22.3 Å².